The van der Waals surface area contributed by atoms with Gasteiger partial charge in [-0.3, -0.25) is 4.79 Å². The molecule has 2 heterocycles. The number of nitrogens with zero attached hydrogens (tertiary/aromatic N) is 2. The van der Waals surface area contributed by atoms with Crippen molar-refractivity contribution in [3.05, 3.63) is 53.5 Å². The largest absolute Gasteiger partial charge is 0.363 e. The summed E-state index contributed by atoms with van der Waals surface area (Å²) in [7, 11) is 0. The normalized spacial score (nSPS) is 22.4. The maximum atomic E-state index is 14.0. The first-order valence-electron chi connectivity index (χ1n) is 8.71. The summed E-state index contributed by atoms with van der Waals surface area (Å²) >= 11 is 0. The van der Waals surface area contributed by atoms with Crippen molar-refractivity contribution in [3.8, 4) is 0 Å². The molecule has 0 fully saturated rings. The average molecular weight is 341 g/mol. The van der Waals surface area contributed by atoms with Crippen molar-refractivity contribution in [2.45, 2.75) is 46.2 Å². The van der Waals surface area contributed by atoms with Gasteiger partial charge in [0.05, 0.1) is 6.04 Å². The fourth-order valence-electron chi connectivity index (χ4n) is 3.86. The lowest BCUT2D eigenvalue weighted by atomic mass is 9.81. The number of aromatic nitrogens is 1. The molecule has 1 aromatic carbocycles. The lowest BCUT2D eigenvalue weighted by molar-refractivity contribution is -0.117. The van der Waals surface area contributed by atoms with E-state index >= 15 is 0 Å². The Morgan fingerprint density at radius 1 is 1.32 bits per heavy atom. The van der Waals surface area contributed by atoms with Gasteiger partial charge >= 0.3 is 0 Å². The summed E-state index contributed by atoms with van der Waals surface area (Å²) < 4.78 is 14.0. The third-order valence-electron chi connectivity index (χ3n) is 5.00. The predicted octanol–water partition coefficient (Wildman–Crippen LogP) is 4.46. The van der Waals surface area contributed by atoms with Gasteiger partial charge < -0.3 is 10.2 Å². The Kier molecular flexibility index (Phi) is 4.75. The third kappa shape index (κ3) is 3.23. The Morgan fingerprint density at radius 3 is 2.72 bits per heavy atom. The molecule has 0 radical (unpaired) electrons. The summed E-state index contributed by atoms with van der Waals surface area (Å²) in [4.78, 5) is 18.6. The summed E-state index contributed by atoms with van der Waals surface area (Å²) in [6.45, 7) is 7.69. The highest BCUT2D eigenvalue weighted by molar-refractivity contribution is 5.94. The van der Waals surface area contributed by atoms with Gasteiger partial charge in [-0.05, 0) is 43.7 Å². The molecule has 1 aromatic heterocycles. The van der Waals surface area contributed by atoms with Gasteiger partial charge in [-0.1, -0.05) is 19.9 Å². The van der Waals surface area contributed by atoms with Gasteiger partial charge in [0, 0.05) is 35.8 Å². The quantitative estimate of drug-likeness (QED) is 0.896. The van der Waals surface area contributed by atoms with Crippen LogP contribution in [-0.4, -0.2) is 16.9 Å². The topological polar surface area (TPSA) is 45.2 Å². The van der Waals surface area contributed by atoms with Crippen molar-refractivity contribution in [1.29, 1.82) is 0 Å². The highest BCUT2D eigenvalue weighted by Gasteiger charge is 2.39. The first-order valence-corrected chi connectivity index (χ1v) is 8.71. The molecule has 1 aliphatic heterocycles. The van der Waals surface area contributed by atoms with Gasteiger partial charge in [-0.15, -0.1) is 0 Å². The first kappa shape index (κ1) is 17.4. The molecule has 1 aliphatic rings. The smallest absolute Gasteiger partial charge is 0.224 e. The second-order valence-corrected chi connectivity index (χ2v) is 6.71. The van der Waals surface area contributed by atoms with E-state index in [1.165, 1.54) is 12.1 Å². The molecule has 0 spiro atoms. The van der Waals surface area contributed by atoms with E-state index in [1.807, 2.05) is 25.1 Å². The number of nitrogens with one attached hydrogen (secondary N) is 1. The van der Waals surface area contributed by atoms with E-state index in [4.69, 9.17) is 0 Å². The number of amides is 1. The summed E-state index contributed by atoms with van der Waals surface area (Å²) in [6.07, 6.45) is 0.830. The standard InChI is InChI=1S/C20H24FN3O/c1-5-17-13(3)20(23-19-8-6-7-12(2)22-19)16-11-15(21)9-10-18(16)24(17)14(4)25/h6-11,13,17,20H,5H2,1-4H3,(H,22,23)/t13-,17?,20?/m1/s1. The van der Waals surface area contributed by atoms with Crippen LogP contribution in [0.1, 0.15) is 44.5 Å². The van der Waals surface area contributed by atoms with Crippen LogP contribution in [0, 0.1) is 18.7 Å². The van der Waals surface area contributed by atoms with Crippen molar-refractivity contribution in [2.24, 2.45) is 5.92 Å². The zero-order chi connectivity index (χ0) is 18.1. The lowest BCUT2D eigenvalue weighted by Gasteiger charge is -2.45. The summed E-state index contributed by atoms with van der Waals surface area (Å²) in [6, 6.07) is 10.4. The van der Waals surface area contributed by atoms with Gasteiger partial charge in [-0.25, -0.2) is 9.37 Å². The number of benzene rings is 1. The molecule has 0 bridgehead atoms. The maximum absolute atomic E-state index is 14.0. The molecule has 0 saturated heterocycles. The van der Waals surface area contributed by atoms with Crippen LogP contribution in [0.2, 0.25) is 0 Å². The highest BCUT2D eigenvalue weighted by Crippen LogP contribution is 2.43. The third-order valence-corrected chi connectivity index (χ3v) is 5.00. The Hall–Kier alpha value is -2.43. The number of fused-ring (bicyclic) bond motifs is 1. The Balaban J connectivity index is 2.09. The number of halogens is 1. The number of rotatable bonds is 3. The molecule has 25 heavy (non-hydrogen) atoms. The van der Waals surface area contributed by atoms with Crippen LogP contribution in [0.3, 0.4) is 0 Å². The molecule has 5 heteroatoms. The molecule has 3 atom stereocenters. The van der Waals surface area contributed by atoms with Crippen LogP contribution in [0.5, 0.6) is 0 Å². The average Bonchev–Trinajstić information content (AvgIpc) is 2.56. The summed E-state index contributed by atoms with van der Waals surface area (Å²) in [5.41, 5.74) is 2.50. The number of hydrogen-bond acceptors (Lipinski definition) is 3. The highest BCUT2D eigenvalue weighted by atomic mass is 19.1. The molecule has 3 rings (SSSR count). The van der Waals surface area contributed by atoms with Crippen LogP contribution in [0.25, 0.3) is 0 Å². The second kappa shape index (κ2) is 6.82. The number of carbonyl (C=O) groups is 1. The summed E-state index contributed by atoms with van der Waals surface area (Å²) in [5, 5.41) is 3.46. The number of anilines is 2. The molecule has 4 nitrogen and oxygen atoms in total. The Bertz CT molecular complexity index is 792. The van der Waals surface area contributed by atoms with E-state index in [2.05, 4.69) is 24.1 Å². The molecule has 2 unspecified atom stereocenters. The van der Waals surface area contributed by atoms with E-state index < -0.39 is 0 Å². The van der Waals surface area contributed by atoms with Crippen LogP contribution in [-0.2, 0) is 4.79 Å². The fraction of sp³-hybridized carbons (Fsp3) is 0.400. The van der Waals surface area contributed by atoms with Crippen molar-refractivity contribution in [1.82, 2.24) is 4.98 Å². The lowest BCUT2D eigenvalue weighted by Crippen LogP contribution is -2.49. The van der Waals surface area contributed by atoms with Crippen LogP contribution >= 0.6 is 0 Å². The van der Waals surface area contributed by atoms with E-state index in [0.29, 0.717) is 0 Å². The minimum absolute atomic E-state index is 0.0151. The number of pyridine rings is 1. The fourth-order valence-corrected chi connectivity index (χ4v) is 3.86. The van der Waals surface area contributed by atoms with Gasteiger partial charge in [0.25, 0.3) is 0 Å². The molecule has 132 valence electrons. The SMILES string of the molecule is CCC1[C@@H](C)C(Nc2cccc(C)n2)c2cc(F)ccc2N1C(C)=O. The van der Waals surface area contributed by atoms with Gasteiger partial charge in [-0.2, -0.15) is 0 Å². The monoisotopic (exact) mass is 341 g/mol. The van der Waals surface area contributed by atoms with E-state index in [-0.39, 0.29) is 29.7 Å². The number of carbonyl (C=O) groups excluding carboxylic acids is 1. The van der Waals surface area contributed by atoms with E-state index in [0.717, 1.165) is 29.2 Å². The minimum Gasteiger partial charge on any atom is -0.363 e. The Labute approximate surface area is 148 Å². The van der Waals surface area contributed by atoms with E-state index in [9.17, 15) is 9.18 Å². The Morgan fingerprint density at radius 2 is 2.08 bits per heavy atom. The van der Waals surface area contributed by atoms with E-state index in [1.54, 1.807) is 17.9 Å². The van der Waals surface area contributed by atoms with Gasteiger partial charge in [0.2, 0.25) is 5.91 Å². The zero-order valence-corrected chi connectivity index (χ0v) is 15.1. The van der Waals surface area contributed by atoms with Crippen molar-refractivity contribution >= 4 is 17.4 Å². The zero-order valence-electron chi connectivity index (χ0n) is 15.1. The predicted molar refractivity (Wildman–Crippen MR) is 98.1 cm³/mol. The van der Waals surface area contributed by atoms with Crippen LogP contribution in [0.15, 0.2) is 36.4 Å². The van der Waals surface area contributed by atoms with Crippen LogP contribution < -0.4 is 10.2 Å². The van der Waals surface area contributed by atoms with Gasteiger partial charge in [0.15, 0.2) is 0 Å². The van der Waals surface area contributed by atoms with Crippen LogP contribution in [0.4, 0.5) is 15.9 Å². The van der Waals surface area contributed by atoms with Gasteiger partial charge in [0.1, 0.15) is 11.6 Å². The molecule has 0 aliphatic carbocycles. The first-order chi connectivity index (χ1) is 11.9. The molecule has 1 N–H and O–H groups in total. The summed E-state index contributed by atoms with van der Waals surface area (Å²) in [5.74, 6) is 0.566. The molecule has 0 saturated carbocycles. The van der Waals surface area contributed by atoms with Crippen molar-refractivity contribution in [2.75, 3.05) is 10.2 Å². The second-order valence-electron chi connectivity index (χ2n) is 6.71. The number of aryl methyl sites for hydroxylation is 1. The molecular formula is C20H24FN3O. The van der Waals surface area contributed by atoms with Crippen molar-refractivity contribution in [3.63, 3.8) is 0 Å². The maximum Gasteiger partial charge on any atom is 0.224 e. The minimum atomic E-state index is -0.298. The van der Waals surface area contributed by atoms with Crippen molar-refractivity contribution < 1.29 is 9.18 Å². The molecule has 1 amide bonds. The number of hydrogen-bond donors (Lipinski definition) is 1. The molecule has 2 aromatic rings. The molecular weight excluding hydrogens is 317 g/mol.